The number of carbonyl (C=O) groups excluding carboxylic acids is 1. The molecule has 5 nitrogen and oxygen atoms in total. The van der Waals surface area contributed by atoms with Crippen LogP contribution in [0, 0.1) is 22.7 Å². The Balaban J connectivity index is 1.76. The summed E-state index contributed by atoms with van der Waals surface area (Å²) in [5.41, 5.74) is 3.93. The maximum absolute atomic E-state index is 13.3. The number of rotatable bonds is 3. The smallest absolute Gasteiger partial charge is 0.188 e. The van der Waals surface area contributed by atoms with Crippen LogP contribution in [0.2, 0.25) is 0 Å². The van der Waals surface area contributed by atoms with Gasteiger partial charge in [-0.2, -0.15) is 10.5 Å². The highest BCUT2D eigenvalue weighted by molar-refractivity contribution is 6.15. The summed E-state index contributed by atoms with van der Waals surface area (Å²) in [5.74, 6) is 0.736. The van der Waals surface area contributed by atoms with Gasteiger partial charge in [0.15, 0.2) is 5.78 Å². The van der Waals surface area contributed by atoms with E-state index in [1.165, 1.54) is 0 Å². The van der Waals surface area contributed by atoms with Gasteiger partial charge in [0.1, 0.15) is 5.82 Å². The van der Waals surface area contributed by atoms with Crippen LogP contribution in [0.3, 0.4) is 0 Å². The Hall–Kier alpha value is -4.48. The highest BCUT2D eigenvalue weighted by Gasteiger charge is 2.27. The third kappa shape index (κ3) is 4.58. The molecule has 1 aliphatic rings. The van der Waals surface area contributed by atoms with Gasteiger partial charge < -0.3 is 4.90 Å². The normalized spacial score (nSPS) is 16.2. The van der Waals surface area contributed by atoms with Crippen molar-refractivity contribution in [2.24, 2.45) is 0 Å². The van der Waals surface area contributed by atoms with Crippen molar-refractivity contribution in [3.8, 4) is 12.1 Å². The Bertz CT molecular complexity index is 1200. The second-order valence-corrected chi connectivity index (χ2v) is 7.19. The molecule has 0 N–H and O–H groups in total. The van der Waals surface area contributed by atoms with Crippen molar-refractivity contribution >= 4 is 23.8 Å². The van der Waals surface area contributed by atoms with Gasteiger partial charge >= 0.3 is 0 Å². The molecule has 1 saturated heterocycles. The van der Waals surface area contributed by atoms with Crippen LogP contribution in [0.1, 0.15) is 22.3 Å². The second kappa shape index (κ2) is 8.90. The first-order valence-corrected chi connectivity index (χ1v) is 9.78. The first-order chi connectivity index (χ1) is 15.2. The average molecular weight is 402 g/mol. The molecule has 1 fully saturated rings. The highest BCUT2D eigenvalue weighted by atomic mass is 16.1. The van der Waals surface area contributed by atoms with Crippen LogP contribution in [0.5, 0.6) is 0 Å². The first kappa shape index (κ1) is 19.8. The van der Waals surface area contributed by atoms with E-state index in [1.54, 1.807) is 42.6 Å². The van der Waals surface area contributed by atoms with E-state index < -0.39 is 0 Å². The van der Waals surface area contributed by atoms with Crippen molar-refractivity contribution in [3.05, 3.63) is 106 Å². The fourth-order valence-corrected chi connectivity index (χ4v) is 3.54. The second-order valence-electron chi connectivity index (χ2n) is 7.19. The van der Waals surface area contributed by atoms with E-state index in [0.717, 1.165) is 16.9 Å². The number of ketones is 1. The largest absolute Gasteiger partial charge is 0.348 e. The minimum atomic E-state index is -0.0445. The van der Waals surface area contributed by atoms with Gasteiger partial charge in [0.25, 0.3) is 0 Å². The van der Waals surface area contributed by atoms with Crippen LogP contribution in [0.15, 0.2) is 84.1 Å². The van der Waals surface area contributed by atoms with Crippen molar-refractivity contribution in [2.75, 3.05) is 18.0 Å². The number of nitrogens with zero attached hydrogens (tertiary/aromatic N) is 4. The maximum atomic E-state index is 13.3. The van der Waals surface area contributed by atoms with Gasteiger partial charge in [0, 0.05) is 30.4 Å². The Kier molecular flexibility index (Phi) is 5.69. The van der Waals surface area contributed by atoms with Gasteiger partial charge in [-0.25, -0.2) is 4.98 Å². The molecule has 0 radical (unpaired) electrons. The van der Waals surface area contributed by atoms with Crippen LogP contribution < -0.4 is 4.90 Å². The number of anilines is 1. The van der Waals surface area contributed by atoms with Gasteiger partial charge in [0.05, 0.1) is 23.3 Å². The molecule has 0 saturated carbocycles. The quantitative estimate of drug-likeness (QED) is 0.607. The van der Waals surface area contributed by atoms with Crippen molar-refractivity contribution in [1.82, 2.24) is 4.98 Å². The lowest BCUT2D eigenvalue weighted by Crippen LogP contribution is -2.38. The zero-order chi connectivity index (χ0) is 21.6. The summed E-state index contributed by atoms with van der Waals surface area (Å²) in [6.07, 6.45) is 5.39. The highest BCUT2D eigenvalue weighted by Crippen LogP contribution is 2.25. The van der Waals surface area contributed by atoms with Gasteiger partial charge in [-0.05, 0) is 59.7 Å². The standard InChI is InChI=1S/C26H18N4O/c27-15-21-7-3-5-19(11-21)13-23-17-30(25-9-1-2-10-29-25)18-24(26(23)31)14-20-6-4-8-22(12-20)16-28/h1-14H,17-18H2. The lowest BCUT2D eigenvalue weighted by molar-refractivity contribution is -0.112. The predicted molar refractivity (Wildman–Crippen MR) is 120 cm³/mol. The summed E-state index contributed by atoms with van der Waals surface area (Å²) >= 11 is 0. The van der Waals surface area contributed by atoms with E-state index in [9.17, 15) is 15.3 Å². The lowest BCUT2D eigenvalue weighted by atomic mass is 9.93. The van der Waals surface area contributed by atoms with Gasteiger partial charge in [0.2, 0.25) is 0 Å². The van der Waals surface area contributed by atoms with Crippen molar-refractivity contribution in [1.29, 1.82) is 10.5 Å². The maximum Gasteiger partial charge on any atom is 0.188 e. The Morgan fingerprint density at radius 3 is 1.87 bits per heavy atom. The number of carbonyl (C=O) groups is 1. The molecule has 0 atom stereocenters. The zero-order valence-corrected chi connectivity index (χ0v) is 16.7. The summed E-state index contributed by atoms with van der Waals surface area (Å²) in [4.78, 5) is 19.8. The molecule has 0 aliphatic carbocycles. The number of Topliss-reactive ketones (excluding diaryl/α,β-unsaturated/α-hetero) is 1. The molecule has 0 unspecified atom stereocenters. The van der Waals surface area contributed by atoms with Crippen LogP contribution in [0.4, 0.5) is 5.82 Å². The molecule has 0 bridgehead atoms. The van der Waals surface area contributed by atoms with Crippen molar-refractivity contribution in [3.63, 3.8) is 0 Å². The number of benzene rings is 2. The number of aromatic nitrogens is 1. The predicted octanol–water partition coefficient (Wildman–Crippen LogP) is 4.38. The molecule has 31 heavy (non-hydrogen) atoms. The molecule has 5 heteroatoms. The summed E-state index contributed by atoms with van der Waals surface area (Å²) in [6, 6.07) is 24.3. The Labute approximate surface area is 180 Å². The molecule has 4 rings (SSSR count). The molecule has 1 aromatic heterocycles. The van der Waals surface area contributed by atoms with Crippen LogP contribution in [-0.2, 0) is 4.79 Å². The molecular weight excluding hydrogens is 384 g/mol. The van der Waals surface area contributed by atoms with E-state index in [1.807, 2.05) is 47.4 Å². The molecule has 1 aliphatic heterocycles. The monoisotopic (exact) mass is 402 g/mol. The Morgan fingerprint density at radius 1 is 0.806 bits per heavy atom. The van der Waals surface area contributed by atoms with E-state index >= 15 is 0 Å². The SMILES string of the molecule is N#Cc1cccc(C=C2CN(c3ccccn3)CC(=Cc3cccc(C#N)c3)C2=O)c1. The molecule has 3 aromatic rings. The van der Waals surface area contributed by atoms with Crippen molar-refractivity contribution in [2.45, 2.75) is 0 Å². The average Bonchev–Trinajstić information content (AvgIpc) is 2.82. The van der Waals surface area contributed by atoms with Gasteiger partial charge in [-0.3, -0.25) is 4.79 Å². The summed E-state index contributed by atoms with van der Waals surface area (Å²) in [6.45, 7) is 0.838. The minimum Gasteiger partial charge on any atom is -0.348 e. The van der Waals surface area contributed by atoms with E-state index in [-0.39, 0.29) is 5.78 Å². The Morgan fingerprint density at radius 2 is 1.39 bits per heavy atom. The van der Waals surface area contributed by atoms with Gasteiger partial charge in [-0.15, -0.1) is 0 Å². The minimum absolute atomic E-state index is 0.0445. The number of nitriles is 2. The first-order valence-electron chi connectivity index (χ1n) is 9.78. The van der Waals surface area contributed by atoms with E-state index in [0.29, 0.717) is 35.4 Å². The molecule has 148 valence electrons. The van der Waals surface area contributed by atoms with Crippen LogP contribution >= 0.6 is 0 Å². The van der Waals surface area contributed by atoms with E-state index in [2.05, 4.69) is 17.1 Å². The summed E-state index contributed by atoms with van der Waals surface area (Å²) in [5, 5.41) is 18.3. The summed E-state index contributed by atoms with van der Waals surface area (Å²) < 4.78 is 0. The fraction of sp³-hybridized carbons (Fsp3) is 0.0769. The number of hydrogen-bond donors (Lipinski definition) is 0. The lowest BCUT2D eigenvalue weighted by Gasteiger charge is -2.30. The van der Waals surface area contributed by atoms with Gasteiger partial charge in [-0.1, -0.05) is 30.3 Å². The summed E-state index contributed by atoms with van der Waals surface area (Å²) in [7, 11) is 0. The number of pyridine rings is 1. The molecule has 0 amide bonds. The van der Waals surface area contributed by atoms with Crippen LogP contribution in [0.25, 0.3) is 12.2 Å². The van der Waals surface area contributed by atoms with E-state index in [4.69, 9.17) is 0 Å². The molecule has 0 spiro atoms. The zero-order valence-electron chi connectivity index (χ0n) is 16.7. The topological polar surface area (TPSA) is 80.8 Å². The third-order valence-electron chi connectivity index (χ3n) is 4.99. The third-order valence-corrected chi connectivity index (χ3v) is 4.99. The van der Waals surface area contributed by atoms with Crippen molar-refractivity contribution < 1.29 is 4.79 Å². The molecule has 2 heterocycles. The van der Waals surface area contributed by atoms with Crippen LogP contribution in [-0.4, -0.2) is 23.9 Å². The molecular formula is C26H18N4O. The number of hydrogen-bond acceptors (Lipinski definition) is 5. The molecule has 2 aromatic carbocycles. The number of piperidine rings is 1. The fourth-order valence-electron chi connectivity index (χ4n) is 3.54.